The Kier molecular flexibility index (Phi) is 4.40. The van der Waals surface area contributed by atoms with Gasteiger partial charge in [0.05, 0.1) is 0 Å². The predicted octanol–water partition coefficient (Wildman–Crippen LogP) is 2.79. The third-order valence-electron chi connectivity index (χ3n) is 3.89. The molecule has 2 rings (SSSR count). The Hall–Kier alpha value is -1.78. The lowest BCUT2D eigenvalue weighted by Gasteiger charge is -2.34. The van der Waals surface area contributed by atoms with Crippen molar-refractivity contribution in [3.63, 3.8) is 0 Å². The number of piperidine rings is 1. The normalized spacial score (nSPS) is 17.0. The van der Waals surface area contributed by atoms with Gasteiger partial charge in [-0.1, -0.05) is 20.8 Å². The average molecular weight is 292 g/mol. The molecular weight excluding hydrogens is 268 g/mol. The van der Waals surface area contributed by atoms with Gasteiger partial charge in [0, 0.05) is 31.7 Å². The molecule has 1 fully saturated rings. The molecule has 0 spiro atoms. The first kappa shape index (κ1) is 15.6. The van der Waals surface area contributed by atoms with E-state index in [2.05, 4.69) is 20.8 Å². The van der Waals surface area contributed by atoms with Crippen LogP contribution in [0.2, 0.25) is 0 Å². The van der Waals surface area contributed by atoms with Gasteiger partial charge in [-0.25, -0.2) is 4.79 Å². The molecule has 0 radical (unpaired) electrons. The zero-order valence-electron chi connectivity index (χ0n) is 13.0. The molecular formula is C16H24N2O3. The summed E-state index contributed by atoms with van der Waals surface area (Å²) in [6.07, 6.45) is 4.00. The second-order valence-electron chi connectivity index (χ2n) is 6.96. The third-order valence-corrected chi connectivity index (χ3v) is 3.89. The number of carboxylic acids is 1. The molecule has 5 heteroatoms. The second-order valence-corrected chi connectivity index (χ2v) is 6.96. The summed E-state index contributed by atoms with van der Waals surface area (Å²) < 4.78 is 1.83. The van der Waals surface area contributed by atoms with E-state index in [1.54, 1.807) is 12.1 Å². The lowest BCUT2D eigenvalue weighted by atomic mass is 9.91. The molecule has 5 nitrogen and oxygen atoms in total. The lowest BCUT2D eigenvalue weighted by Crippen LogP contribution is -2.40. The van der Waals surface area contributed by atoms with Crippen LogP contribution in [0.1, 0.15) is 56.6 Å². The number of likely N-dealkylation sites (tertiary alicyclic amines) is 1. The Labute approximate surface area is 125 Å². The van der Waals surface area contributed by atoms with Crippen molar-refractivity contribution >= 4 is 11.9 Å². The van der Waals surface area contributed by atoms with Crippen LogP contribution in [0.4, 0.5) is 0 Å². The van der Waals surface area contributed by atoms with Gasteiger partial charge in [-0.3, -0.25) is 4.79 Å². The minimum absolute atomic E-state index is 0.00480. The largest absolute Gasteiger partial charge is 0.477 e. The summed E-state index contributed by atoms with van der Waals surface area (Å²) in [4.78, 5) is 25.3. The Balaban J connectivity index is 1.96. The Bertz CT molecular complexity index is 520. The van der Waals surface area contributed by atoms with Crippen molar-refractivity contribution in [3.05, 3.63) is 24.0 Å². The fraction of sp³-hybridized carbons (Fsp3) is 0.625. The standard InChI is InChI=1S/C16H24N2O3/c1-16(2,3)11-14(19)17-9-6-12(7-10-17)18-8-4-5-13(18)15(20)21/h4-5,8,12H,6-7,9-11H2,1-3H3,(H,20,21). The zero-order valence-corrected chi connectivity index (χ0v) is 13.0. The van der Waals surface area contributed by atoms with Crippen LogP contribution in [0.15, 0.2) is 18.3 Å². The molecule has 21 heavy (non-hydrogen) atoms. The van der Waals surface area contributed by atoms with Crippen LogP contribution < -0.4 is 0 Å². The van der Waals surface area contributed by atoms with Crippen LogP contribution >= 0.6 is 0 Å². The Morgan fingerprint density at radius 3 is 2.43 bits per heavy atom. The van der Waals surface area contributed by atoms with E-state index in [0.29, 0.717) is 25.2 Å². The van der Waals surface area contributed by atoms with Crippen molar-refractivity contribution in [2.75, 3.05) is 13.1 Å². The summed E-state index contributed by atoms with van der Waals surface area (Å²) in [5.74, 6) is -0.696. The predicted molar refractivity (Wildman–Crippen MR) is 80.3 cm³/mol. The van der Waals surface area contributed by atoms with E-state index in [0.717, 1.165) is 12.8 Å². The molecule has 0 saturated carbocycles. The van der Waals surface area contributed by atoms with Gasteiger partial charge in [-0.15, -0.1) is 0 Å². The molecule has 116 valence electrons. The number of carbonyl (C=O) groups excluding carboxylic acids is 1. The summed E-state index contributed by atoms with van der Waals surface area (Å²) in [5, 5.41) is 9.17. The van der Waals surface area contributed by atoms with Crippen LogP contribution in [0.5, 0.6) is 0 Å². The van der Waals surface area contributed by atoms with Crippen LogP contribution in [-0.2, 0) is 4.79 Å². The minimum atomic E-state index is -0.897. The Morgan fingerprint density at radius 2 is 1.90 bits per heavy atom. The van der Waals surface area contributed by atoms with Crippen molar-refractivity contribution in [3.8, 4) is 0 Å². The second kappa shape index (κ2) is 5.92. The fourth-order valence-corrected chi connectivity index (χ4v) is 2.85. The third kappa shape index (κ3) is 3.86. The summed E-state index contributed by atoms with van der Waals surface area (Å²) in [6, 6.07) is 3.56. The summed E-state index contributed by atoms with van der Waals surface area (Å²) in [5.41, 5.74) is 0.333. The zero-order chi connectivity index (χ0) is 15.6. The van der Waals surface area contributed by atoms with Gasteiger partial charge >= 0.3 is 5.97 Å². The molecule has 0 unspecified atom stereocenters. The molecule has 1 aliphatic rings. The van der Waals surface area contributed by atoms with Crippen molar-refractivity contribution < 1.29 is 14.7 Å². The van der Waals surface area contributed by atoms with E-state index < -0.39 is 5.97 Å². The number of hydrogen-bond acceptors (Lipinski definition) is 2. The van der Waals surface area contributed by atoms with Crippen molar-refractivity contribution in [1.82, 2.24) is 9.47 Å². The number of nitrogens with zero attached hydrogens (tertiary/aromatic N) is 2. The van der Waals surface area contributed by atoms with E-state index >= 15 is 0 Å². The molecule has 2 heterocycles. The Morgan fingerprint density at radius 1 is 1.29 bits per heavy atom. The van der Waals surface area contributed by atoms with Gasteiger partial charge < -0.3 is 14.6 Å². The first-order valence-corrected chi connectivity index (χ1v) is 7.46. The smallest absolute Gasteiger partial charge is 0.352 e. The number of carbonyl (C=O) groups is 2. The molecule has 0 aliphatic carbocycles. The number of aromatic nitrogens is 1. The van der Waals surface area contributed by atoms with E-state index in [1.165, 1.54) is 0 Å². The number of hydrogen-bond donors (Lipinski definition) is 1. The highest BCUT2D eigenvalue weighted by Gasteiger charge is 2.27. The molecule has 1 aromatic heterocycles. The van der Waals surface area contributed by atoms with Crippen LogP contribution in [-0.4, -0.2) is 39.5 Å². The van der Waals surface area contributed by atoms with E-state index in [4.69, 9.17) is 5.11 Å². The van der Waals surface area contributed by atoms with Gasteiger partial charge in [0.2, 0.25) is 5.91 Å². The minimum Gasteiger partial charge on any atom is -0.477 e. The molecule has 1 aliphatic heterocycles. The van der Waals surface area contributed by atoms with Gasteiger partial charge in [-0.05, 0) is 30.4 Å². The quantitative estimate of drug-likeness (QED) is 0.931. The highest BCUT2D eigenvalue weighted by molar-refractivity contribution is 5.85. The maximum atomic E-state index is 12.2. The lowest BCUT2D eigenvalue weighted by molar-refractivity contribution is -0.134. The van der Waals surface area contributed by atoms with Gasteiger partial charge in [0.15, 0.2) is 0 Å². The molecule has 0 bridgehead atoms. The maximum Gasteiger partial charge on any atom is 0.352 e. The van der Waals surface area contributed by atoms with Gasteiger partial charge in [-0.2, -0.15) is 0 Å². The van der Waals surface area contributed by atoms with E-state index in [-0.39, 0.29) is 17.4 Å². The molecule has 1 aromatic rings. The van der Waals surface area contributed by atoms with Crippen LogP contribution in [0, 0.1) is 5.41 Å². The van der Waals surface area contributed by atoms with Crippen molar-refractivity contribution in [2.45, 2.75) is 46.1 Å². The molecule has 1 N–H and O–H groups in total. The molecule has 1 saturated heterocycles. The van der Waals surface area contributed by atoms with E-state index in [1.807, 2.05) is 15.7 Å². The highest BCUT2D eigenvalue weighted by atomic mass is 16.4. The van der Waals surface area contributed by atoms with Crippen LogP contribution in [0.25, 0.3) is 0 Å². The highest BCUT2D eigenvalue weighted by Crippen LogP contribution is 2.27. The number of amides is 1. The average Bonchev–Trinajstić information content (AvgIpc) is 2.86. The molecule has 1 amide bonds. The molecule has 0 aromatic carbocycles. The first-order chi connectivity index (χ1) is 9.78. The number of aromatic carboxylic acids is 1. The summed E-state index contributed by atoms with van der Waals surface area (Å²) >= 11 is 0. The number of carboxylic acid groups (broad SMARTS) is 1. The topological polar surface area (TPSA) is 62.5 Å². The van der Waals surface area contributed by atoms with Crippen molar-refractivity contribution in [2.24, 2.45) is 5.41 Å². The first-order valence-electron chi connectivity index (χ1n) is 7.46. The van der Waals surface area contributed by atoms with Crippen molar-refractivity contribution in [1.29, 1.82) is 0 Å². The maximum absolute atomic E-state index is 12.2. The SMILES string of the molecule is CC(C)(C)CC(=O)N1CCC(n2cccc2C(=O)O)CC1. The number of rotatable bonds is 3. The van der Waals surface area contributed by atoms with Gasteiger partial charge in [0.1, 0.15) is 5.69 Å². The molecule has 0 atom stereocenters. The summed E-state index contributed by atoms with van der Waals surface area (Å²) in [6.45, 7) is 7.61. The fourth-order valence-electron chi connectivity index (χ4n) is 2.85. The monoisotopic (exact) mass is 292 g/mol. The van der Waals surface area contributed by atoms with Gasteiger partial charge in [0.25, 0.3) is 0 Å². The van der Waals surface area contributed by atoms with Crippen LogP contribution in [0.3, 0.4) is 0 Å². The summed E-state index contributed by atoms with van der Waals surface area (Å²) in [7, 11) is 0. The van der Waals surface area contributed by atoms with E-state index in [9.17, 15) is 9.59 Å².